The van der Waals surface area contributed by atoms with E-state index in [1.54, 1.807) is 6.92 Å². The summed E-state index contributed by atoms with van der Waals surface area (Å²) in [6, 6.07) is 7.64. The second-order valence-corrected chi connectivity index (χ2v) is 4.54. The molecule has 0 fully saturated rings. The fourth-order valence-corrected chi connectivity index (χ4v) is 1.89. The van der Waals surface area contributed by atoms with E-state index in [4.69, 9.17) is 11.6 Å². The van der Waals surface area contributed by atoms with Gasteiger partial charge in [-0.1, -0.05) is 23.7 Å². The van der Waals surface area contributed by atoms with Crippen LogP contribution >= 0.6 is 11.6 Å². The number of aromatic nitrogens is 2. The van der Waals surface area contributed by atoms with Crippen LogP contribution < -0.4 is 0 Å². The van der Waals surface area contributed by atoms with Crippen LogP contribution in [0.15, 0.2) is 24.3 Å². The first-order valence-corrected chi connectivity index (χ1v) is 5.88. The molecule has 1 aromatic carbocycles. The van der Waals surface area contributed by atoms with E-state index < -0.39 is 6.10 Å². The van der Waals surface area contributed by atoms with E-state index in [0.29, 0.717) is 5.02 Å². The van der Waals surface area contributed by atoms with Gasteiger partial charge in [0.25, 0.3) is 0 Å². The maximum Gasteiger partial charge on any atom is 0.0848 e. The molecule has 1 aromatic heterocycles. The lowest BCUT2D eigenvalue weighted by Gasteiger charge is -2.07. The maximum absolute atomic E-state index is 9.44. The molecular weight excluding hydrogens is 236 g/mol. The molecule has 0 aliphatic rings. The van der Waals surface area contributed by atoms with Crippen LogP contribution in [0.1, 0.15) is 30.0 Å². The van der Waals surface area contributed by atoms with Gasteiger partial charge in [0.15, 0.2) is 0 Å². The van der Waals surface area contributed by atoms with Gasteiger partial charge in [-0.05, 0) is 38.5 Å². The van der Waals surface area contributed by atoms with Crippen LogP contribution in [0.25, 0.3) is 5.69 Å². The van der Waals surface area contributed by atoms with Crippen LogP contribution in [0.4, 0.5) is 0 Å². The number of rotatable bonds is 2. The number of halogens is 1. The Hall–Kier alpha value is -1.32. The van der Waals surface area contributed by atoms with Gasteiger partial charge in [-0.25, -0.2) is 4.68 Å². The molecule has 0 aliphatic carbocycles. The van der Waals surface area contributed by atoms with Crippen molar-refractivity contribution in [3.05, 3.63) is 46.2 Å². The highest BCUT2D eigenvalue weighted by molar-refractivity contribution is 6.31. The average Bonchev–Trinajstić information content (AvgIpc) is 2.57. The zero-order valence-electron chi connectivity index (χ0n) is 10.1. The van der Waals surface area contributed by atoms with Gasteiger partial charge in [0.2, 0.25) is 0 Å². The predicted molar refractivity (Wildman–Crippen MR) is 68.7 cm³/mol. The molecule has 0 amide bonds. The Labute approximate surface area is 106 Å². The van der Waals surface area contributed by atoms with Crippen molar-refractivity contribution in [2.45, 2.75) is 26.9 Å². The first-order chi connectivity index (χ1) is 8.00. The standard InChI is InChI=1S/C13H15ClN2O/c1-8-13(14)9(2)16(15-8)12-6-4-11(5-7-12)10(3)17/h4-7,10,17H,1-3H3. The topological polar surface area (TPSA) is 38.0 Å². The Morgan fingerprint density at radius 1 is 1.24 bits per heavy atom. The number of aliphatic hydroxyl groups is 1. The molecule has 1 unspecified atom stereocenters. The minimum Gasteiger partial charge on any atom is -0.389 e. The molecule has 0 saturated carbocycles. The lowest BCUT2D eigenvalue weighted by Crippen LogP contribution is -2.00. The first kappa shape index (κ1) is 12.1. The van der Waals surface area contributed by atoms with Crippen LogP contribution in [-0.4, -0.2) is 14.9 Å². The first-order valence-electron chi connectivity index (χ1n) is 5.51. The highest BCUT2D eigenvalue weighted by Crippen LogP contribution is 2.23. The van der Waals surface area contributed by atoms with Gasteiger partial charge in [-0.3, -0.25) is 0 Å². The molecule has 3 nitrogen and oxygen atoms in total. The van der Waals surface area contributed by atoms with E-state index in [0.717, 1.165) is 22.6 Å². The molecule has 1 atom stereocenters. The summed E-state index contributed by atoms with van der Waals surface area (Å²) in [7, 11) is 0. The predicted octanol–water partition coefficient (Wildman–Crippen LogP) is 3.20. The normalized spacial score (nSPS) is 12.8. The fourth-order valence-electron chi connectivity index (χ4n) is 1.77. The highest BCUT2D eigenvalue weighted by Gasteiger charge is 2.10. The van der Waals surface area contributed by atoms with E-state index in [-0.39, 0.29) is 0 Å². The Morgan fingerprint density at radius 2 is 1.82 bits per heavy atom. The van der Waals surface area contributed by atoms with E-state index in [1.807, 2.05) is 42.8 Å². The molecule has 0 radical (unpaired) electrons. The molecule has 4 heteroatoms. The van der Waals surface area contributed by atoms with Crippen LogP contribution in [0, 0.1) is 13.8 Å². The molecule has 90 valence electrons. The van der Waals surface area contributed by atoms with Gasteiger partial charge in [0.05, 0.1) is 28.2 Å². The molecule has 2 aromatic rings. The minimum absolute atomic E-state index is 0.451. The summed E-state index contributed by atoms with van der Waals surface area (Å²) in [5, 5.41) is 14.5. The van der Waals surface area contributed by atoms with Gasteiger partial charge in [-0.15, -0.1) is 0 Å². The highest BCUT2D eigenvalue weighted by atomic mass is 35.5. The van der Waals surface area contributed by atoms with E-state index >= 15 is 0 Å². The molecule has 0 saturated heterocycles. The number of hydrogen-bond acceptors (Lipinski definition) is 2. The van der Waals surface area contributed by atoms with Crippen molar-refractivity contribution < 1.29 is 5.11 Å². The van der Waals surface area contributed by atoms with Crippen molar-refractivity contribution >= 4 is 11.6 Å². The summed E-state index contributed by atoms with van der Waals surface area (Å²) >= 11 is 6.11. The molecule has 1 N–H and O–H groups in total. The Morgan fingerprint density at radius 3 is 2.24 bits per heavy atom. The third kappa shape index (κ3) is 2.21. The van der Waals surface area contributed by atoms with Gasteiger partial charge in [0.1, 0.15) is 0 Å². The summed E-state index contributed by atoms with van der Waals surface area (Å²) in [6.45, 7) is 5.57. The fraction of sp³-hybridized carbons (Fsp3) is 0.308. The van der Waals surface area contributed by atoms with Crippen molar-refractivity contribution in [1.82, 2.24) is 9.78 Å². The zero-order valence-corrected chi connectivity index (χ0v) is 10.9. The number of nitrogens with zero attached hydrogens (tertiary/aromatic N) is 2. The SMILES string of the molecule is Cc1nn(-c2ccc(C(C)O)cc2)c(C)c1Cl. The van der Waals surface area contributed by atoms with Crippen LogP contribution in [0.5, 0.6) is 0 Å². The molecule has 0 bridgehead atoms. The van der Waals surface area contributed by atoms with Gasteiger partial charge < -0.3 is 5.11 Å². The van der Waals surface area contributed by atoms with Gasteiger partial charge in [-0.2, -0.15) is 5.10 Å². The maximum atomic E-state index is 9.44. The van der Waals surface area contributed by atoms with E-state index in [9.17, 15) is 5.11 Å². The number of hydrogen-bond donors (Lipinski definition) is 1. The Balaban J connectivity index is 2.43. The summed E-state index contributed by atoms with van der Waals surface area (Å²) in [5.74, 6) is 0. The lowest BCUT2D eigenvalue weighted by atomic mass is 10.1. The molecule has 0 spiro atoms. The molecule has 2 rings (SSSR count). The van der Waals surface area contributed by atoms with E-state index in [2.05, 4.69) is 5.10 Å². The van der Waals surface area contributed by atoms with Crippen molar-refractivity contribution in [3.8, 4) is 5.69 Å². The second-order valence-electron chi connectivity index (χ2n) is 4.16. The van der Waals surface area contributed by atoms with Crippen LogP contribution in [-0.2, 0) is 0 Å². The lowest BCUT2D eigenvalue weighted by molar-refractivity contribution is 0.199. The van der Waals surface area contributed by atoms with Crippen molar-refractivity contribution in [1.29, 1.82) is 0 Å². The van der Waals surface area contributed by atoms with Gasteiger partial charge >= 0.3 is 0 Å². The Kier molecular flexibility index (Phi) is 3.22. The smallest absolute Gasteiger partial charge is 0.0848 e. The third-order valence-electron chi connectivity index (χ3n) is 2.82. The van der Waals surface area contributed by atoms with Crippen molar-refractivity contribution in [3.63, 3.8) is 0 Å². The van der Waals surface area contributed by atoms with Gasteiger partial charge in [0, 0.05) is 0 Å². The number of aliphatic hydroxyl groups excluding tert-OH is 1. The molecular formula is C13H15ClN2O. The molecule has 0 aliphatic heterocycles. The average molecular weight is 251 g/mol. The quantitative estimate of drug-likeness (QED) is 0.889. The van der Waals surface area contributed by atoms with Crippen molar-refractivity contribution in [2.75, 3.05) is 0 Å². The number of aryl methyl sites for hydroxylation is 1. The van der Waals surface area contributed by atoms with Crippen LogP contribution in [0.2, 0.25) is 5.02 Å². The largest absolute Gasteiger partial charge is 0.389 e. The summed E-state index contributed by atoms with van der Waals surface area (Å²) < 4.78 is 1.81. The minimum atomic E-state index is -0.451. The molecule has 17 heavy (non-hydrogen) atoms. The zero-order chi connectivity index (χ0) is 12.6. The molecule has 1 heterocycles. The summed E-state index contributed by atoms with van der Waals surface area (Å²) in [4.78, 5) is 0. The summed E-state index contributed by atoms with van der Waals surface area (Å²) in [6.07, 6.45) is -0.451. The second kappa shape index (κ2) is 4.51. The van der Waals surface area contributed by atoms with Crippen molar-refractivity contribution in [2.24, 2.45) is 0 Å². The summed E-state index contributed by atoms with van der Waals surface area (Å²) in [5.41, 5.74) is 3.58. The Bertz CT molecular complexity index is 529. The van der Waals surface area contributed by atoms with Crippen LogP contribution in [0.3, 0.4) is 0 Å². The third-order valence-corrected chi connectivity index (χ3v) is 3.37. The van der Waals surface area contributed by atoms with E-state index in [1.165, 1.54) is 0 Å². The number of benzene rings is 1. The monoisotopic (exact) mass is 250 g/mol.